The lowest BCUT2D eigenvalue weighted by Crippen LogP contribution is -2.44. The van der Waals surface area contributed by atoms with Crippen molar-refractivity contribution in [2.45, 2.75) is 44.9 Å². The van der Waals surface area contributed by atoms with Crippen LogP contribution in [0.3, 0.4) is 0 Å². The summed E-state index contributed by atoms with van der Waals surface area (Å²) in [7, 11) is 4.10. The highest BCUT2D eigenvalue weighted by atomic mass is 127. The number of halogens is 1. The quantitative estimate of drug-likeness (QED) is 0.282. The molecular weight excluding hydrogens is 413 g/mol. The van der Waals surface area contributed by atoms with E-state index in [-0.39, 0.29) is 24.0 Å². The lowest BCUT2D eigenvalue weighted by molar-refractivity contribution is 0.210. The molecule has 142 valence electrons. The van der Waals surface area contributed by atoms with Crippen LogP contribution in [0.1, 0.15) is 44.9 Å². The Balaban J connectivity index is 0.00000288. The van der Waals surface area contributed by atoms with Gasteiger partial charge in [0.1, 0.15) is 0 Å². The molecule has 0 aliphatic carbocycles. The van der Waals surface area contributed by atoms with Gasteiger partial charge in [0.2, 0.25) is 0 Å². The molecule has 2 fully saturated rings. The third-order valence-electron chi connectivity index (χ3n) is 5.15. The van der Waals surface area contributed by atoms with Gasteiger partial charge < -0.3 is 20.4 Å². The molecule has 5 nitrogen and oxygen atoms in total. The van der Waals surface area contributed by atoms with Gasteiger partial charge in [-0.1, -0.05) is 12.8 Å². The number of guanidine groups is 1. The summed E-state index contributed by atoms with van der Waals surface area (Å²) < 4.78 is 0. The Morgan fingerprint density at radius 2 is 1.79 bits per heavy atom. The minimum Gasteiger partial charge on any atom is -0.356 e. The van der Waals surface area contributed by atoms with E-state index in [0.717, 1.165) is 25.0 Å². The summed E-state index contributed by atoms with van der Waals surface area (Å²) in [6, 6.07) is 0. The number of aliphatic imine (C=N–C) groups is 1. The zero-order valence-corrected chi connectivity index (χ0v) is 18.1. The largest absolute Gasteiger partial charge is 0.356 e. The molecule has 0 aromatic carbocycles. The summed E-state index contributed by atoms with van der Waals surface area (Å²) in [5, 5.41) is 6.98. The minimum absolute atomic E-state index is 0. The van der Waals surface area contributed by atoms with Crippen LogP contribution in [0, 0.1) is 5.92 Å². The molecule has 0 saturated carbocycles. The Bertz CT molecular complexity index is 342. The van der Waals surface area contributed by atoms with Crippen molar-refractivity contribution >= 4 is 29.9 Å². The zero-order chi connectivity index (χ0) is 16.3. The third kappa shape index (κ3) is 8.85. The molecule has 0 radical (unpaired) electrons. The van der Waals surface area contributed by atoms with Crippen LogP contribution < -0.4 is 10.6 Å². The highest BCUT2D eigenvalue weighted by Crippen LogP contribution is 2.13. The van der Waals surface area contributed by atoms with Crippen LogP contribution in [0.25, 0.3) is 0 Å². The summed E-state index contributed by atoms with van der Waals surface area (Å²) >= 11 is 0. The first-order valence-electron chi connectivity index (χ1n) is 9.63. The Morgan fingerprint density at radius 1 is 1.04 bits per heavy atom. The van der Waals surface area contributed by atoms with E-state index in [2.05, 4.69) is 32.5 Å². The maximum atomic E-state index is 4.36. The Kier molecular flexibility index (Phi) is 12.0. The first kappa shape index (κ1) is 22.0. The first-order chi connectivity index (χ1) is 11.3. The van der Waals surface area contributed by atoms with Crippen LogP contribution in [0.2, 0.25) is 0 Å². The number of hydrogen-bond acceptors (Lipinski definition) is 3. The smallest absolute Gasteiger partial charge is 0.190 e. The fraction of sp³-hybridized carbons (Fsp3) is 0.944. The molecule has 2 N–H and O–H groups in total. The van der Waals surface area contributed by atoms with Gasteiger partial charge >= 0.3 is 0 Å². The monoisotopic (exact) mass is 451 g/mol. The predicted octanol–water partition coefficient (Wildman–Crippen LogP) is 2.38. The molecule has 0 spiro atoms. The fourth-order valence-corrected chi connectivity index (χ4v) is 3.77. The lowest BCUT2D eigenvalue weighted by Gasteiger charge is -2.30. The molecule has 2 rings (SSSR count). The Labute approximate surface area is 166 Å². The number of rotatable bonds is 6. The number of nitrogens with one attached hydrogen (secondary N) is 2. The molecule has 0 amide bonds. The molecule has 0 aromatic rings. The van der Waals surface area contributed by atoms with E-state index in [4.69, 9.17) is 0 Å². The maximum Gasteiger partial charge on any atom is 0.190 e. The summed E-state index contributed by atoms with van der Waals surface area (Å²) in [6.07, 6.45) is 9.46. The Hall–Kier alpha value is -0.0800. The maximum absolute atomic E-state index is 4.36. The van der Waals surface area contributed by atoms with Crippen molar-refractivity contribution in [1.82, 2.24) is 20.4 Å². The number of hydrogen-bond donors (Lipinski definition) is 2. The average Bonchev–Trinajstić information content (AvgIpc) is 2.83. The SMILES string of the molecule is CN=C(NCCCN1CCCCCC1)NCC1CCCN(C)C1.I. The van der Waals surface area contributed by atoms with Crippen molar-refractivity contribution in [2.75, 3.05) is 59.9 Å². The summed E-state index contributed by atoms with van der Waals surface area (Å²) in [4.78, 5) is 9.42. The normalized spacial score (nSPS) is 24.1. The van der Waals surface area contributed by atoms with Gasteiger partial charge in [-0.2, -0.15) is 0 Å². The fourth-order valence-electron chi connectivity index (χ4n) is 3.77. The molecule has 2 saturated heterocycles. The van der Waals surface area contributed by atoms with Crippen molar-refractivity contribution < 1.29 is 0 Å². The standard InChI is InChI=1S/C18H37N5.HI/c1-19-18(21-15-17-9-7-11-22(2)16-17)20-10-8-14-23-12-5-3-4-6-13-23;/h17H,3-16H2,1-2H3,(H2,19,20,21);1H. The highest BCUT2D eigenvalue weighted by Gasteiger charge is 2.17. The molecule has 2 aliphatic rings. The molecule has 24 heavy (non-hydrogen) atoms. The first-order valence-corrected chi connectivity index (χ1v) is 9.63. The van der Waals surface area contributed by atoms with Gasteiger partial charge in [0.15, 0.2) is 5.96 Å². The van der Waals surface area contributed by atoms with Crippen molar-refractivity contribution in [2.24, 2.45) is 10.9 Å². The lowest BCUT2D eigenvalue weighted by atomic mass is 9.99. The van der Waals surface area contributed by atoms with E-state index in [9.17, 15) is 0 Å². The van der Waals surface area contributed by atoms with Crippen molar-refractivity contribution in [3.63, 3.8) is 0 Å². The summed E-state index contributed by atoms with van der Waals surface area (Å²) in [5.41, 5.74) is 0. The number of likely N-dealkylation sites (tertiary alicyclic amines) is 2. The summed E-state index contributed by atoms with van der Waals surface area (Å²) in [6.45, 7) is 8.32. The molecule has 0 aromatic heterocycles. The third-order valence-corrected chi connectivity index (χ3v) is 5.15. The van der Waals surface area contributed by atoms with Crippen molar-refractivity contribution in [3.8, 4) is 0 Å². The van der Waals surface area contributed by atoms with Crippen LogP contribution in [-0.4, -0.2) is 75.7 Å². The zero-order valence-electron chi connectivity index (χ0n) is 15.7. The van der Waals surface area contributed by atoms with Gasteiger partial charge in [0.25, 0.3) is 0 Å². The minimum atomic E-state index is 0. The van der Waals surface area contributed by atoms with E-state index >= 15 is 0 Å². The molecule has 2 heterocycles. The van der Waals surface area contributed by atoms with E-state index in [1.165, 1.54) is 77.7 Å². The Morgan fingerprint density at radius 3 is 2.46 bits per heavy atom. The predicted molar refractivity (Wildman–Crippen MR) is 115 cm³/mol. The highest BCUT2D eigenvalue weighted by molar-refractivity contribution is 14.0. The molecule has 2 aliphatic heterocycles. The molecular formula is C18H38IN5. The van der Waals surface area contributed by atoms with E-state index in [1.807, 2.05) is 7.05 Å². The van der Waals surface area contributed by atoms with E-state index < -0.39 is 0 Å². The van der Waals surface area contributed by atoms with Crippen LogP contribution >= 0.6 is 24.0 Å². The van der Waals surface area contributed by atoms with E-state index in [1.54, 1.807) is 0 Å². The topological polar surface area (TPSA) is 42.9 Å². The van der Waals surface area contributed by atoms with Crippen LogP contribution in [0.4, 0.5) is 0 Å². The molecule has 0 bridgehead atoms. The molecule has 6 heteroatoms. The number of nitrogens with zero attached hydrogens (tertiary/aromatic N) is 3. The van der Waals surface area contributed by atoms with Gasteiger partial charge in [0, 0.05) is 26.7 Å². The van der Waals surface area contributed by atoms with Gasteiger partial charge in [-0.25, -0.2) is 0 Å². The second-order valence-electron chi connectivity index (χ2n) is 7.26. The number of piperidine rings is 1. The summed E-state index contributed by atoms with van der Waals surface area (Å²) in [5.74, 6) is 1.72. The van der Waals surface area contributed by atoms with Crippen LogP contribution in [0.15, 0.2) is 4.99 Å². The van der Waals surface area contributed by atoms with E-state index in [0.29, 0.717) is 0 Å². The second-order valence-corrected chi connectivity index (χ2v) is 7.26. The average molecular weight is 451 g/mol. The van der Waals surface area contributed by atoms with Gasteiger partial charge in [0.05, 0.1) is 0 Å². The van der Waals surface area contributed by atoms with Crippen molar-refractivity contribution in [3.05, 3.63) is 0 Å². The second kappa shape index (κ2) is 13.2. The molecule has 1 atom stereocenters. The van der Waals surface area contributed by atoms with Crippen molar-refractivity contribution in [1.29, 1.82) is 0 Å². The van der Waals surface area contributed by atoms with Gasteiger partial charge in [-0.3, -0.25) is 4.99 Å². The van der Waals surface area contributed by atoms with Gasteiger partial charge in [-0.15, -0.1) is 24.0 Å². The van der Waals surface area contributed by atoms with Crippen LogP contribution in [0.5, 0.6) is 0 Å². The van der Waals surface area contributed by atoms with Crippen LogP contribution in [-0.2, 0) is 0 Å². The van der Waals surface area contributed by atoms with Gasteiger partial charge in [-0.05, 0) is 71.2 Å². The molecule has 1 unspecified atom stereocenters.